The summed E-state index contributed by atoms with van der Waals surface area (Å²) in [5, 5.41) is 0. The number of anilines is 1. The minimum absolute atomic E-state index is 0.0928. The standard InChI is InChI=1S/C21H26N2O5S/c1-22(17-6-8-18(27-2)9-7-17)21(24)16-5-4-14-23(15-16)29(25,26)20-12-10-19(28-3)11-13-20/h6-13,16H,4-5,14-15H2,1-3H3. The van der Waals surface area contributed by atoms with Gasteiger partial charge in [-0.1, -0.05) is 0 Å². The van der Waals surface area contributed by atoms with Crippen LogP contribution in [0.3, 0.4) is 0 Å². The van der Waals surface area contributed by atoms with Gasteiger partial charge in [0.25, 0.3) is 0 Å². The van der Waals surface area contributed by atoms with E-state index in [1.165, 1.54) is 23.5 Å². The molecule has 1 unspecified atom stereocenters. The van der Waals surface area contributed by atoms with Crippen LogP contribution in [0.2, 0.25) is 0 Å². The quantitative estimate of drug-likeness (QED) is 0.721. The van der Waals surface area contributed by atoms with Gasteiger partial charge < -0.3 is 14.4 Å². The van der Waals surface area contributed by atoms with Crippen molar-refractivity contribution in [2.24, 2.45) is 5.92 Å². The monoisotopic (exact) mass is 418 g/mol. The van der Waals surface area contributed by atoms with E-state index in [0.717, 1.165) is 5.69 Å². The molecule has 2 aromatic rings. The Morgan fingerprint density at radius 1 is 1.00 bits per heavy atom. The Kier molecular flexibility index (Phi) is 6.44. The number of piperidine rings is 1. The Hall–Kier alpha value is -2.58. The van der Waals surface area contributed by atoms with Gasteiger partial charge in [0.2, 0.25) is 15.9 Å². The Balaban J connectivity index is 1.73. The third-order valence-corrected chi connectivity index (χ3v) is 7.10. The number of methoxy groups -OCH3 is 2. The summed E-state index contributed by atoms with van der Waals surface area (Å²) in [6.07, 6.45) is 1.30. The second-order valence-corrected chi connectivity index (χ2v) is 8.91. The van der Waals surface area contributed by atoms with Crippen molar-refractivity contribution in [2.75, 3.05) is 39.3 Å². The van der Waals surface area contributed by atoms with Crippen LogP contribution in [-0.4, -0.2) is 53.0 Å². The number of nitrogens with zero attached hydrogens (tertiary/aromatic N) is 2. The average Bonchev–Trinajstić information content (AvgIpc) is 2.78. The molecule has 0 aromatic heterocycles. The van der Waals surface area contributed by atoms with E-state index in [-0.39, 0.29) is 23.3 Å². The van der Waals surface area contributed by atoms with Crippen molar-refractivity contribution in [1.29, 1.82) is 0 Å². The van der Waals surface area contributed by atoms with E-state index in [0.29, 0.717) is 30.9 Å². The molecular weight excluding hydrogens is 392 g/mol. The SMILES string of the molecule is COc1ccc(N(C)C(=O)C2CCCN(S(=O)(=O)c3ccc(OC)cc3)C2)cc1. The number of rotatable bonds is 6. The second-order valence-electron chi connectivity index (χ2n) is 6.97. The Morgan fingerprint density at radius 2 is 1.55 bits per heavy atom. The molecule has 0 spiro atoms. The lowest BCUT2D eigenvalue weighted by Gasteiger charge is -2.33. The molecular formula is C21H26N2O5S. The summed E-state index contributed by atoms with van der Waals surface area (Å²) in [7, 11) is 1.17. The average molecular weight is 419 g/mol. The van der Waals surface area contributed by atoms with Gasteiger partial charge in [-0.2, -0.15) is 4.31 Å². The molecule has 0 aliphatic carbocycles. The van der Waals surface area contributed by atoms with Crippen molar-refractivity contribution in [2.45, 2.75) is 17.7 Å². The van der Waals surface area contributed by atoms with Crippen molar-refractivity contribution in [3.05, 3.63) is 48.5 Å². The van der Waals surface area contributed by atoms with Crippen molar-refractivity contribution < 1.29 is 22.7 Å². The first-order chi connectivity index (χ1) is 13.9. The topological polar surface area (TPSA) is 76.2 Å². The summed E-state index contributed by atoms with van der Waals surface area (Å²) < 4.78 is 37.7. The zero-order valence-corrected chi connectivity index (χ0v) is 17.7. The largest absolute Gasteiger partial charge is 0.497 e. The Morgan fingerprint density at radius 3 is 2.10 bits per heavy atom. The van der Waals surface area contributed by atoms with Gasteiger partial charge in [0.15, 0.2) is 0 Å². The third-order valence-electron chi connectivity index (χ3n) is 5.22. The summed E-state index contributed by atoms with van der Waals surface area (Å²) in [5.41, 5.74) is 0.742. The molecule has 3 rings (SSSR count). The maximum atomic E-state index is 13.0. The van der Waals surface area contributed by atoms with Crippen LogP contribution < -0.4 is 14.4 Å². The number of sulfonamides is 1. The van der Waals surface area contributed by atoms with Gasteiger partial charge in [-0.25, -0.2) is 8.42 Å². The zero-order valence-electron chi connectivity index (χ0n) is 16.9. The van der Waals surface area contributed by atoms with Crippen LogP contribution in [0.25, 0.3) is 0 Å². The molecule has 0 bridgehead atoms. The number of carbonyl (C=O) groups is 1. The molecule has 0 saturated carbocycles. The minimum Gasteiger partial charge on any atom is -0.497 e. The van der Waals surface area contributed by atoms with Gasteiger partial charge in [0.05, 0.1) is 25.0 Å². The maximum Gasteiger partial charge on any atom is 0.243 e. The van der Waals surface area contributed by atoms with Crippen LogP contribution in [0.4, 0.5) is 5.69 Å². The summed E-state index contributed by atoms with van der Waals surface area (Å²) >= 11 is 0. The molecule has 1 saturated heterocycles. The molecule has 29 heavy (non-hydrogen) atoms. The van der Waals surface area contributed by atoms with E-state index >= 15 is 0 Å². The Bertz CT molecular complexity index is 942. The normalized spacial score (nSPS) is 17.6. The predicted octanol–water partition coefficient (Wildman–Crippen LogP) is 2.77. The molecule has 8 heteroatoms. The Labute approximate surface area is 171 Å². The maximum absolute atomic E-state index is 13.0. The highest BCUT2D eigenvalue weighted by molar-refractivity contribution is 7.89. The first-order valence-electron chi connectivity index (χ1n) is 9.42. The molecule has 2 aromatic carbocycles. The fourth-order valence-electron chi connectivity index (χ4n) is 3.47. The molecule has 1 heterocycles. The highest BCUT2D eigenvalue weighted by Gasteiger charge is 2.34. The summed E-state index contributed by atoms with van der Waals surface area (Å²) in [4.78, 5) is 14.8. The fourth-order valence-corrected chi connectivity index (χ4v) is 4.99. The molecule has 7 nitrogen and oxygen atoms in total. The molecule has 1 atom stereocenters. The van der Waals surface area contributed by atoms with Gasteiger partial charge in [-0.3, -0.25) is 4.79 Å². The highest BCUT2D eigenvalue weighted by Crippen LogP contribution is 2.27. The number of ether oxygens (including phenoxy) is 2. The molecule has 0 N–H and O–H groups in total. The molecule has 156 valence electrons. The van der Waals surface area contributed by atoms with Gasteiger partial charge in [0, 0.05) is 25.8 Å². The van der Waals surface area contributed by atoms with Crippen molar-refractivity contribution in [1.82, 2.24) is 4.31 Å². The van der Waals surface area contributed by atoms with E-state index in [1.807, 2.05) is 12.1 Å². The van der Waals surface area contributed by atoms with Crippen LogP contribution in [-0.2, 0) is 14.8 Å². The lowest BCUT2D eigenvalue weighted by molar-refractivity contribution is -0.123. The van der Waals surface area contributed by atoms with E-state index in [2.05, 4.69) is 0 Å². The number of benzene rings is 2. The fraction of sp³-hybridized carbons (Fsp3) is 0.381. The number of hydrogen-bond donors (Lipinski definition) is 0. The molecule has 0 radical (unpaired) electrons. The number of carbonyl (C=O) groups excluding carboxylic acids is 1. The van der Waals surface area contributed by atoms with Crippen molar-refractivity contribution in [3.63, 3.8) is 0 Å². The first kappa shape index (κ1) is 21.1. The van der Waals surface area contributed by atoms with Crippen LogP contribution in [0.5, 0.6) is 11.5 Å². The van der Waals surface area contributed by atoms with Crippen molar-refractivity contribution in [3.8, 4) is 11.5 Å². The number of amides is 1. The minimum atomic E-state index is -3.66. The summed E-state index contributed by atoms with van der Waals surface area (Å²) in [6.45, 7) is 0.581. The van der Waals surface area contributed by atoms with Crippen molar-refractivity contribution >= 4 is 21.6 Å². The molecule has 1 aliphatic heterocycles. The van der Waals surface area contributed by atoms with Gasteiger partial charge in [-0.05, 0) is 61.4 Å². The molecule has 1 fully saturated rings. The van der Waals surface area contributed by atoms with E-state index in [9.17, 15) is 13.2 Å². The zero-order chi connectivity index (χ0) is 21.0. The summed E-state index contributed by atoms with van der Waals surface area (Å²) in [6, 6.07) is 13.5. The molecule has 1 amide bonds. The van der Waals surface area contributed by atoms with E-state index < -0.39 is 10.0 Å². The van der Waals surface area contributed by atoms with Gasteiger partial charge in [0.1, 0.15) is 11.5 Å². The molecule has 1 aliphatic rings. The van der Waals surface area contributed by atoms with Crippen LogP contribution in [0.1, 0.15) is 12.8 Å². The van der Waals surface area contributed by atoms with Crippen LogP contribution >= 0.6 is 0 Å². The van der Waals surface area contributed by atoms with Crippen LogP contribution in [0, 0.1) is 5.92 Å². The second kappa shape index (κ2) is 8.84. The van der Waals surface area contributed by atoms with Gasteiger partial charge in [-0.15, -0.1) is 0 Å². The van der Waals surface area contributed by atoms with E-state index in [4.69, 9.17) is 9.47 Å². The highest BCUT2D eigenvalue weighted by atomic mass is 32.2. The van der Waals surface area contributed by atoms with E-state index in [1.54, 1.807) is 43.3 Å². The predicted molar refractivity (Wildman–Crippen MR) is 111 cm³/mol. The lowest BCUT2D eigenvalue weighted by Crippen LogP contribution is -2.45. The third kappa shape index (κ3) is 4.54. The first-order valence-corrected chi connectivity index (χ1v) is 10.9. The van der Waals surface area contributed by atoms with Crippen LogP contribution in [0.15, 0.2) is 53.4 Å². The summed E-state index contributed by atoms with van der Waals surface area (Å²) in [5.74, 6) is 0.828. The lowest BCUT2D eigenvalue weighted by atomic mass is 9.98. The smallest absolute Gasteiger partial charge is 0.243 e. The number of hydrogen-bond acceptors (Lipinski definition) is 5. The van der Waals surface area contributed by atoms with Gasteiger partial charge >= 0.3 is 0 Å².